The van der Waals surface area contributed by atoms with Crippen LogP contribution in [0, 0.1) is 6.92 Å². The lowest BCUT2D eigenvalue weighted by Gasteiger charge is -2.20. The molecule has 1 aromatic heterocycles. The third-order valence-corrected chi connectivity index (χ3v) is 4.86. The molecule has 1 aromatic carbocycles. The fourth-order valence-corrected chi connectivity index (χ4v) is 3.40. The van der Waals surface area contributed by atoms with Gasteiger partial charge in [0.25, 0.3) is 10.0 Å². The minimum Gasteiger partial charge on any atom is -0.467 e. The topological polar surface area (TPSA) is 114 Å². The molecule has 0 aliphatic rings. The maximum atomic E-state index is 12.5. The monoisotopic (exact) mass is 397 g/mol. The highest BCUT2D eigenvalue weighted by Gasteiger charge is 2.26. The van der Waals surface area contributed by atoms with Gasteiger partial charge in [-0.2, -0.15) is 15.0 Å². The van der Waals surface area contributed by atoms with Gasteiger partial charge in [-0.1, -0.05) is 29.8 Å². The molecule has 0 radical (unpaired) electrons. The van der Waals surface area contributed by atoms with Crippen LogP contribution in [0.4, 0.5) is 10.7 Å². The van der Waals surface area contributed by atoms with E-state index in [9.17, 15) is 13.2 Å². The first-order chi connectivity index (χ1) is 12.3. The number of carbonyl (C=O) groups is 1. The molecule has 0 fully saturated rings. The largest absolute Gasteiger partial charge is 0.467 e. The smallest absolute Gasteiger partial charge is 0.338 e. The predicted molar refractivity (Wildman–Crippen MR) is 95.8 cm³/mol. The number of hydrogen-bond acceptors (Lipinski definition) is 7. The van der Waals surface area contributed by atoms with E-state index in [1.807, 2.05) is 4.72 Å². The van der Waals surface area contributed by atoms with Crippen LogP contribution in [0.25, 0.3) is 0 Å². The lowest BCUT2D eigenvalue weighted by molar-refractivity contribution is 0.251. The molecule has 0 unspecified atom stereocenters. The van der Waals surface area contributed by atoms with Gasteiger partial charge in [0.1, 0.15) is 10.7 Å². The van der Waals surface area contributed by atoms with Crippen molar-refractivity contribution in [2.75, 3.05) is 18.6 Å². The van der Waals surface area contributed by atoms with Crippen molar-refractivity contribution in [2.45, 2.75) is 11.8 Å². The first kappa shape index (κ1) is 19.6. The number of benzene rings is 1. The number of ether oxygens (including phenoxy) is 1. The second-order valence-corrected chi connectivity index (χ2v) is 6.97. The van der Waals surface area contributed by atoms with E-state index in [1.54, 1.807) is 13.0 Å². The Labute approximate surface area is 155 Å². The lowest BCUT2D eigenvalue weighted by atomic mass is 10.4. The van der Waals surface area contributed by atoms with E-state index in [-0.39, 0.29) is 28.4 Å². The van der Waals surface area contributed by atoms with Crippen LogP contribution >= 0.6 is 11.6 Å². The molecule has 2 rings (SSSR count). The van der Waals surface area contributed by atoms with Crippen LogP contribution in [0.3, 0.4) is 0 Å². The third kappa shape index (κ3) is 4.46. The lowest BCUT2D eigenvalue weighted by Crippen LogP contribution is -2.44. The summed E-state index contributed by atoms with van der Waals surface area (Å²) in [4.78, 5) is 25.2. The Hall–Kier alpha value is -2.72. The Morgan fingerprint density at radius 1 is 1.35 bits per heavy atom. The number of aryl methyl sites for hydroxylation is 1. The van der Waals surface area contributed by atoms with Crippen molar-refractivity contribution in [1.82, 2.24) is 19.7 Å². The molecule has 0 atom stereocenters. The minimum atomic E-state index is -4.20. The number of nitrogens with one attached hydrogen (secondary N) is 1. The number of carbonyl (C=O) groups excluding carboxylic acids is 1. The molecule has 1 N–H and O–H groups in total. The predicted octanol–water partition coefficient (Wildman–Crippen LogP) is 1.93. The van der Waals surface area contributed by atoms with Gasteiger partial charge >= 0.3 is 12.0 Å². The maximum absolute atomic E-state index is 12.5. The fraction of sp³-hybridized carbons (Fsp3) is 0.200. The standard InChI is InChI=1S/C15H16ClN5O4S/c1-4-9-21(13-17-10(2)18-14(19-13)25-3)15(22)20-26(23,24)12-8-6-5-7-11(12)16/h4-8H,1,9H2,2-3H3,(H,20,22). The van der Waals surface area contributed by atoms with E-state index < -0.39 is 16.1 Å². The van der Waals surface area contributed by atoms with Crippen molar-refractivity contribution in [2.24, 2.45) is 0 Å². The first-order valence-corrected chi connectivity index (χ1v) is 9.11. The number of sulfonamides is 1. The van der Waals surface area contributed by atoms with Gasteiger partial charge in [0, 0.05) is 6.54 Å². The van der Waals surface area contributed by atoms with Gasteiger partial charge < -0.3 is 4.74 Å². The maximum Gasteiger partial charge on any atom is 0.338 e. The van der Waals surface area contributed by atoms with Crippen LogP contribution in [0.2, 0.25) is 5.02 Å². The van der Waals surface area contributed by atoms with Crippen molar-refractivity contribution < 1.29 is 17.9 Å². The zero-order chi connectivity index (χ0) is 19.3. The van der Waals surface area contributed by atoms with Gasteiger partial charge in [0.05, 0.1) is 12.1 Å². The number of anilines is 1. The highest BCUT2D eigenvalue weighted by atomic mass is 35.5. The van der Waals surface area contributed by atoms with Crippen molar-refractivity contribution >= 4 is 33.6 Å². The number of hydrogen-bond donors (Lipinski definition) is 1. The molecular formula is C15H16ClN5O4S. The number of aromatic nitrogens is 3. The number of urea groups is 1. The van der Waals surface area contributed by atoms with Gasteiger partial charge in [-0.15, -0.1) is 6.58 Å². The van der Waals surface area contributed by atoms with Gasteiger partial charge in [-0.05, 0) is 19.1 Å². The minimum absolute atomic E-state index is 0.0108. The van der Waals surface area contributed by atoms with Gasteiger partial charge in [0.15, 0.2) is 0 Å². The van der Waals surface area contributed by atoms with Crippen LogP contribution in [0.5, 0.6) is 6.01 Å². The molecule has 26 heavy (non-hydrogen) atoms. The molecule has 2 amide bonds. The first-order valence-electron chi connectivity index (χ1n) is 7.25. The van der Waals surface area contributed by atoms with Crippen LogP contribution < -0.4 is 14.4 Å². The molecular weight excluding hydrogens is 382 g/mol. The molecule has 138 valence electrons. The summed E-state index contributed by atoms with van der Waals surface area (Å²) in [6.45, 7) is 5.08. The summed E-state index contributed by atoms with van der Waals surface area (Å²) in [5.41, 5.74) is 0. The highest BCUT2D eigenvalue weighted by molar-refractivity contribution is 7.90. The van der Waals surface area contributed by atoms with Crippen LogP contribution in [-0.2, 0) is 10.0 Å². The van der Waals surface area contributed by atoms with E-state index in [0.717, 1.165) is 4.90 Å². The number of amides is 2. The van der Waals surface area contributed by atoms with Crippen molar-refractivity contribution in [3.05, 3.63) is 47.8 Å². The van der Waals surface area contributed by atoms with E-state index in [2.05, 4.69) is 21.5 Å². The van der Waals surface area contributed by atoms with E-state index in [0.29, 0.717) is 5.82 Å². The zero-order valence-electron chi connectivity index (χ0n) is 14.0. The Morgan fingerprint density at radius 3 is 2.65 bits per heavy atom. The number of nitrogens with zero attached hydrogens (tertiary/aromatic N) is 4. The second-order valence-electron chi connectivity index (χ2n) is 4.91. The highest BCUT2D eigenvalue weighted by Crippen LogP contribution is 2.21. The fourth-order valence-electron chi connectivity index (χ4n) is 1.93. The van der Waals surface area contributed by atoms with Crippen LogP contribution in [0.1, 0.15) is 5.82 Å². The van der Waals surface area contributed by atoms with E-state index in [1.165, 1.54) is 31.4 Å². The summed E-state index contributed by atoms with van der Waals surface area (Å²) in [5, 5.41) is -0.0132. The van der Waals surface area contributed by atoms with Gasteiger partial charge in [-0.25, -0.2) is 17.9 Å². The molecule has 0 aliphatic heterocycles. The quantitative estimate of drug-likeness (QED) is 0.740. The second kappa shape index (κ2) is 8.11. The average Bonchev–Trinajstić information content (AvgIpc) is 2.58. The average molecular weight is 398 g/mol. The van der Waals surface area contributed by atoms with Crippen LogP contribution in [0.15, 0.2) is 41.8 Å². The van der Waals surface area contributed by atoms with Crippen molar-refractivity contribution in [3.8, 4) is 6.01 Å². The van der Waals surface area contributed by atoms with E-state index >= 15 is 0 Å². The zero-order valence-corrected chi connectivity index (χ0v) is 15.6. The summed E-state index contributed by atoms with van der Waals surface area (Å²) in [5.74, 6) is 0.212. The van der Waals surface area contributed by atoms with E-state index in [4.69, 9.17) is 16.3 Å². The molecule has 0 saturated carbocycles. The molecule has 0 bridgehead atoms. The number of rotatable bonds is 6. The Balaban J connectivity index is 2.36. The Morgan fingerprint density at radius 2 is 2.04 bits per heavy atom. The summed E-state index contributed by atoms with van der Waals surface area (Å²) in [6.07, 6.45) is 1.40. The normalized spacial score (nSPS) is 10.9. The third-order valence-electron chi connectivity index (χ3n) is 3.04. The Kier molecular flexibility index (Phi) is 6.11. The summed E-state index contributed by atoms with van der Waals surface area (Å²) in [7, 11) is -2.84. The van der Waals surface area contributed by atoms with Crippen LogP contribution in [-0.4, -0.2) is 43.1 Å². The summed E-state index contributed by atoms with van der Waals surface area (Å²) < 4.78 is 31.8. The van der Waals surface area contributed by atoms with Crippen molar-refractivity contribution in [3.63, 3.8) is 0 Å². The van der Waals surface area contributed by atoms with Gasteiger partial charge in [-0.3, -0.25) is 4.90 Å². The Bertz CT molecular complexity index is 935. The SMILES string of the molecule is C=CCN(C(=O)NS(=O)(=O)c1ccccc1Cl)c1nc(C)nc(OC)n1. The van der Waals surface area contributed by atoms with Crippen molar-refractivity contribution in [1.29, 1.82) is 0 Å². The number of methoxy groups -OCH3 is 1. The molecule has 2 aromatic rings. The molecule has 11 heteroatoms. The molecule has 0 saturated heterocycles. The number of halogens is 1. The molecule has 1 heterocycles. The van der Waals surface area contributed by atoms with Gasteiger partial charge in [0.2, 0.25) is 5.95 Å². The molecule has 0 aliphatic carbocycles. The summed E-state index contributed by atoms with van der Waals surface area (Å²) >= 11 is 5.90. The molecule has 0 spiro atoms. The molecule has 9 nitrogen and oxygen atoms in total. The summed E-state index contributed by atoms with van der Waals surface area (Å²) in [6, 6.07) is 4.77.